The van der Waals surface area contributed by atoms with Crippen LogP contribution in [0.4, 0.5) is 0 Å². The number of rotatable bonds is 11. The molecule has 0 saturated carbocycles. The zero-order chi connectivity index (χ0) is 23.9. The third-order valence-corrected chi connectivity index (χ3v) is 5.99. The highest BCUT2D eigenvalue weighted by atomic mass is 31.2. The van der Waals surface area contributed by atoms with Crippen molar-refractivity contribution in [3.63, 3.8) is 0 Å². The Morgan fingerprint density at radius 2 is 1.42 bits per heavy atom. The number of nitrogens with two attached hydrogens (primary N) is 1. The first-order chi connectivity index (χ1) is 15.6. The summed E-state index contributed by atoms with van der Waals surface area (Å²) >= 11 is 0. The van der Waals surface area contributed by atoms with E-state index in [1.165, 1.54) is 5.56 Å². The minimum Gasteiger partial charge on any atom is -0.323 e. The van der Waals surface area contributed by atoms with Gasteiger partial charge in [0.25, 0.3) is 0 Å². The van der Waals surface area contributed by atoms with Gasteiger partial charge in [-0.2, -0.15) is 0 Å². The van der Waals surface area contributed by atoms with Crippen molar-refractivity contribution in [1.82, 2.24) is 0 Å². The van der Waals surface area contributed by atoms with E-state index in [1.807, 2.05) is 42.5 Å². The van der Waals surface area contributed by atoms with Crippen molar-refractivity contribution >= 4 is 13.6 Å². The summed E-state index contributed by atoms with van der Waals surface area (Å²) in [7, 11) is -4.54. The first-order valence-corrected chi connectivity index (χ1v) is 12.4. The van der Waals surface area contributed by atoms with Crippen LogP contribution in [0.25, 0.3) is 11.1 Å². The Hall–Kier alpha value is -2.60. The fourth-order valence-electron chi connectivity index (χ4n) is 3.49. The van der Waals surface area contributed by atoms with Crippen molar-refractivity contribution in [2.75, 3.05) is 6.61 Å². The van der Waals surface area contributed by atoms with E-state index in [1.54, 1.807) is 6.92 Å². The highest BCUT2D eigenvalue weighted by molar-refractivity contribution is 7.46. The molecule has 0 aromatic heterocycles. The van der Waals surface area contributed by atoms with Crippen LogP contribution in [0.3, 0.4) is 0 Å². The Labute approximate surface area is 194 Å². The highest BCUT2D eigenvalue weighted by Crippen LogP contribution is 2.36. The molecule has 1 unspecified atom stereocenters. The number of phosphoric ester groups is 1. The van der Waals surface area contributed by atoms with Crippen molar-refractivity contribution < 1.29 is 23.7 Å². The topological polar surface area (TPSA) is 110 Å². The van der Waals surface area contributed by atoms with Gasteiger partial charge in [-0.05, 0) is 48.4 Å². The summed E-state index contributed by atoms with van der Waals surface area (Å²) in [5, 5.41) is 0. The largest absolute Gasteiger partial charge is 0.469 e. The summed E-state index contributed by atoms with van der Waals surface area (Å²) in [5.74, 6) is 0.0902. The standard InChI is InChI=1S/C26H30NO5P/c1-26(27,19-32-33(29,30)31)18-17-21-9-14-24(15-10-21)25(28)16-11-20-7-12-23(13-8-20)22-5-3-2-4-6-22/h2-10,12-15H,11,16-19,27H2,1H3,(H2,29,30,31). The van der Waals surface area contributed by atoms with E-state index in [0.717, 1.165) is 16.7 Å². The molecule has 0 radical (unpaired) electrons. The fourth-order valence-corrected chi connectivity index (χ4v) is 3.95. The SMILES string of the molecule is CC(N)(CCc1ccc(C(=O)CCc2ccc(-c3ccccc3)cc2)cc1)COP(=O)(O)O. The zero-order valence-corrected chi connectivity index (χ0v) is 19.6. The van der Waals surface area contributed by atoms with E-state index in [-0.39, 0.29) is 12.4 Å². The van der Waals surface area contributed by atoms with Gasteiger partial charge < -0.3 is 15.5 Å². The maximum absolute atomic E-state index is 12.6. The lowest BCUT2D eigenvalue weighted by Crippen LogP contribution is -2.41. The van der Waals surface area contributed by atoms with Crippen LogP contribution in [0.2, 0.25) is 0 Å². The van der Waals surface area contributed by atoms with Gasteiger partial charge in [0.05, 0.1) is 6.61 Å². The molecule has 7 heteroatoms. The molecule has 0 saturated heterocycles. The average molecular weight is 468 g/mol. The van der Waals surface area contributed by atoms with Crippen molar-refractivity contribution in [1.29, 1.82) is 0 Å². The average Bonchev–Trinajstić information content (AvgIpc) is 2.81. The Morgan fingerprint density at radius 1 is 0.879 bits per heavy atom. The first kappa shape index (κ1) is 25.0. The third kappa shape index (κ3) is 8.35. The van der Waals surface area contributed by atoms with Gasteiger partial charge in [-0.25, -0.2) is 4.57 Å². The number of benzene rings is 3. The molecule has 0 bridgehead atoms. The summed E-state index contributed by atoms with van der Waals surface area (Å²) in [6.07, 6.45) is 2.21. The zero-order valence-electron chi connectivity index (χ0n) is 18.7. The van der Waals surface area contributed by atoms with E-state index >= 15 is 0 Å². The summed E-state index contributed by atoms with van der Waals surface area (Å²) in [6.45, 7) is 1.45. The van der Waals surface area contributed by atoms with E-state index in [2.05, 4.69) is 40.9 Å². The van der Waals surface area contributed by atoms with E-state index in [4.69, 9.17) is 15.5 Å². The third-order valence-electron chi connectivity index (χ3n) is 5.52. The Bertz CT molecular complexity index is 1090. The number of carbonyl (C=O) groups excluding carboxylic acids is 1. The number of ketones is 1. The number of aryl methyl sites for hydroxylation is 2. The molecule has 0 amide bonds. The molecule has 0 fully saturated rings. The predicted molar refractivity (Wildman–Crippen MR) is 130 cm³/mol. The number of hydrogen-bond donors (Lipinski definition) is 3. The Balaban J connectivity index is 1.48. The van der Waals surface area contributed by atoms with Gasteiger partial charge in [-0.1, -0.05) is 78.9 Å². The van der Waals surface area contributed by atoms with Crippen LogP contribution in [0.15, 0.2) is 78.9 Å². The molecule has 0 spiro atoms. The quantitative estimate of drug-likeness (QED) is 0.273. The second-order valence-corrected chi connectivity index (χ2v) is 9.84. The summed E-state index contributed by atoms with van der Waals surface area (Å²) < 4.78 is 15.4. The van der Waals surface area contributed by atoms with Crippen molar-refractivity contribution in [3.05, 3.63) is 95.6 Å². The smallest absolute Gasteiger partial charge is 0.323 e. The molecule has 4 N–H and O–H groups in total. The second kappa shape index (κ2) is 11.0. The molecule has 0 heterocycles. The number of hydrogen-bond acceptors (Lipinski definition) is 4. The van der Waals surface area contributed by atoms with Crippen LogP contribution in [0.5, 0.6) is 0 Å². The lowest BCUT2D eigenvalue weighted by molar-refractivity contribution is 0.0982. The number of Topliss-reactive ketones (excluding diaryl/α,β-unsaturated/α-hetero) is 1. The van der Waals surface area contributed by atoms with E-state index in [9.17, 15) is 9.36 Å². The van der Waals surface area contributed by atoms with Crippen LogP contribution in [-0.4, -0.2) is 27.7 Å². The monoisotopic (exact) mass is 467 g/mol. The Morgan fingerprint density at radius 3 is 2.03 bits per heavy atom. The van der Waals surface area contributed by atoms with Gasteiger partial charge in [-0.15, -0.1) is 0 Å². The molecule has 1 atom stereocenters. The molecule has 0 aliphatic carbocycles. The van der Waals surface area contributed by atoms with Gasteiger partial charge in [0.1, 0.15) is 0 Å². The summed E-state index contributed by atoms with van der Waals surface area (Å²) in [5.41, 5.74) is 10.3. The van der Waals surface area contributed by atoms with Gasteiger partial charge in [0, 0.05) is 17.5 Å². The molecule has 33 heavy (non-hydrogen) atoms. The van der Waals surface area contributed by atoms with Crippen LogP contribution >= 0.6 is 7.82 Å². The van der Waals surface area contributed by atoms with Crippen LogP contribution in [-0.2, 0) is 21.9 Å². The fraction of sp³-hybridized carbons (Fsp3) is 0.269. The normalized spacial score (nSPS) is 13.5. The summed E-state index contributed by atoms with van der Waals surface area (Å²) in [4.78, 5) is 30.3. The number of phosphoric acid groups is 1. The maximum atomic E-state index is 12.6. The molecule has 174 valence electrons. The van der Waals surface area contributed by atoms with E-state index in [0.29, 0.717) is 31.2 Å². The van der Waals surface area contributed by atoms with Gasteiger partial charge in [0.2, 0.25) is 0 Å². The molecule has 0 aliphatic heterocycles. The van der Waals surface area contributed by atoms with Gasteiger partial charge >= 0.3 is 7.82 Å². The first-order valence-electron chi connectivity index (χ1n) is 10.9. The summed E-state index contributed by atoms with van der Waals surface area (Å²) in [6, 6.07) is 25.9. The van der Waals surface area contributed by atoms with Crippen LogP contribution < -0.4 is 5.73 Å². The molecular formula is C26H30NO5P. The lowest BCUT2D eigenvalue weighted by Gasteiger charge is -2.24. The lowest BCUT2D eigenvalue weighted by atomic mass is 9.94. The predicted octanol–water partition coefficient (Wildman–Crippen LogP) is 4.93. The van der Waals surface area contributed by atoms with Crippen molar-refractivity contribution in [2.45, 2.75) is 38.1 Å². The van der Waals surface area contributed by atoms with E-state index < -0.39 is 13.4 Å². The molecule has 6 nitrogen and oxygen atoms in total. The van der Waals surface area contributed by atoms with Crippen LogP contribution in [0.1, 0.15) is 41.3 Å². The minimum absolute atomic E-state index is 0.0902. The number of carbonyl (C=O) groups is 1. The van der Waals surface area contributed by atoms with Crippen LogP contribution in [0, 0.1) is 0 Å². The Kier molecular flexibility index (Phi) is 8.35. The molecular weight excluding hydrogens is 437 g/mol. The second-order valence-electron chi connectivity index (χ2n) is 8.60. The molecule has 0 aliphatic rings. The molecule has 3 aromatic rings. The van der Waals surface area contributed by atoms with Crippen molar-refractivity contribution in [3.8, 4) is 11.1 Å². The highest BCUT2D eigenvalue weighted by Gasteiger charge is 2.24. The molecule has 3 aromatic carbocycles. The van der Waals surface area contributed by atoms with Gasteiger partial charge in [0.15, 0.2) is 5.78 Å². The van der Waals surface area contributed by atoms with Crippen molar-refractivity contribution in [2.24, 2.45) is 5.73 Å². The maximum Gasteiger partial charge on any atom is 0.469 e. The minimum atomic E-state index is -4.54. The van der Waals surface area contributed by atoms with Gasteiger partial charge in [-0.3, -0.25) is 9.32 Å². The molecule has 3 rings (SSSR count).